The summed E-state index contributed by atoms with van der Waals surface area (Å²) in [5, 5.41) is 353. The largest absolute Gasteiger partial charge is 0.394 e. The van der Waals surface area contributed by atoms with Gasteiger partial charge in [0.2, 0.25) is 17.7 Å². The van der Waals surface area contributed by atoms with E-state index in [1.807, 2.05) is 0 Å². The Morgan fingerprint density at radius 2 is 0.469 bits per heavy atom. The van der Waals surface area contributed by atoms with Crippen molar-refractivity contribution in [2.75, 3.05) is 66.1 Å². The zero-order valence-corrected chi connectivity index (χ0v) is 69.5. The van der Waals surface area contributed by atoms with E-state index in [-0.39, 0.29) is 0 Å². The van der Waals surface area contributed by atoms with Crippen LogP contribution in [0.15, 0.2) is 0 Å². The molecule has 0 aromatic carbocycles. The third-order valence-corrected chi connectivity index (χ3v) is 24.1. The molecule has 11 fully saturated rings. The summed E-state index contributed by atoms with van der Waals surface area (Å²) in [6.07, 6.45) is -110. The molecule has 754 valence electrons. The Morgan fingerprint density at radius 3 is 0.877 bits per heavy atom. The average molecular weight is 1910 g/mol. The van der Waals surface area contributed by atoms with Crippen molar-refractivity contribution in [3.05, 3.63) is 0 Å². The van der Waals surface area contributed by atoms with Crippen LogP contribution in [-0.4, -0.2) is 580 Å². The second kappa shape index (κ2) is 46.4. The number of ether oxygens (including phenoxy) is 21. The van der Waals surface area contributed by atoms with Crippen LogP contribution in [0.5, 0.6) is 0 Å². The zero-order valence-electron chi connectivity index (χ0n) is 69.5. The van der Waals surface area contributed by atoms with Crippen molar-refractivity contribution in [1.29, 1.82) is 0 Å². The maximum absolute atomic E-state index is 13.3. The topological polar surface area (TPSA) is 908 Å². The lowest BCUT2D eigenvalue weighted by Gasteiger charge is -2.51. The first-order valence-electron chi connectivity index (χ1n) is 41.5. The number of hydrogen-bond donors (Lipinski definition) is 34. The van der Waals surface area contributed by atoms with E-state index in [2.05, 4.69) is 16.0 Å². The van der Waals surface area contributed by atoms with Crippen LogP contribution in [0.1, 0.15) is 27.7 Å². The molecule has 130 heavy (non-hydrogen) atoms. The van der Waals surface area contributed by atoms with E-state index in [0.29, 0.717) is 0 Å². The summed E-state index contributed by atoms with van der Waals surface area (Å²) >= 11 is 0. The van der Waals surface area contributed by atoms with Crippen LogP contribution in [0.4, 0.5) is 0 Å². The van der Waals surface area contributed by atoms with Crippen LogP contribution in [0.3, 0.4) is 0 Å². The number of carbonyl (C=O) groups excluding carboxylic acids is 3. The highest BCUT2D eigenvalue weighted by atomic mass is 16.8. The molecule has 34 N–H and O–H groups in total. The molecule has 58 nitrogen and oxygen atoms in total. The molecule has 0 spiro atoms. The molecule has 0 radical (unpaired) electrons. The molecule has 0 aliphatic carbocycles. The molecule has 11 heterocycles. The second-order valence-electron chi connectivity index (χ2n) is 33.1. The molecule has 0 unspecified atom stereocenters. The summed E-state index contributed by atoms with van der Waals surface area (Å²) in [6.45, 7) is -7.15. The van der Waals surface area contributed by atoms with Crippen LogP contribution in [0.25, 0.3) is 0 Å². The van der Waals surface area contributed by atoms with Crippen molar-refractivity contribution < 1.29 is 272 Å². The Labute approximate surface area is 735 Å². The van der Waals surface area contributed by atoms with Gasteiger partial charge in [-0.3, -0.25) is 14.4 Å². The van der Waals surface area contributed by atoms with E-state index in [4.69, 9.17) is 99.5 Å². The van der Waals surface area contributed by atoms with Gasteiger partial charge in [-0.2, -0.15) is 0 Å². The summed E-state index contributed by atoms with van der Waals surface area (Å²) in [7, 11) is 0. The van der Waals surface area contributed by atoms with E-state index >= 15 is 0 Å². The number of aliphatic hydroxyl groups excluding tert-OH is 31. The minimum absolute atomic E-state index is 0.863. The van der Waals surface area contributed by atoms with Gasteiger partial charge in [-0.15, -0.1) is 0 Å². The van der Waals surface area contributed by atoms with Crippen molar-refractivity contribution in [2.24, 2.45) is 0 Å². The van der Waals surface area contributed by atoms with Crippen molar-refractivity contribution in [3.8, 4) is 0 Å². The molecule has 11 rings (SSSR count). The van der Waals surface area contributed by atoms with Gasteiger partial charge in [0.05, 0.1) is 72.2 Å². The van der Waals surface area contributed by atoms with Crippen LogP contribution in [0, 0.1) is 0 Å². The smallest absolute Gasteiger partial charge is 0.217 e. The van der Waals surface area contributed by atoms with Gasteiger partial charge in [-0.05, 0) is 6.92 Å². The third-order valence-electron chi connectivity index (χ3n) is 24.1. The quantitative estimate of drug-likeness (QED) is 0.0290. The Hall–Kier alpha value is -3.67. The molecular weight excluding hydrogens is 1790 g/mol. The Bertz CT molecular complexity index is 3500. The molecule has 0 aromatic heterocycles. The molecule has 0 aromatic rings. The fourth-order valence-electron chi connectivity index (χ4n) is 16.7. The fraction of sp³-hybridized carbons (Fsp3) is 0.958. The molecule has 0 saturated carbocycles. The number of amides is 3. The lowest BCUT2D eigenvalue weighted by atomic mass is 9.93. The number of rotatable bonds is 33. The summed E-state index contributed by atoms with van der Waals surface area (Å²) < 4.78 is 124. The molecule has 3 amide bonds. The van der Waals surface area contributed by atoms with Gasteiger partial charge in [0, 0.05) is 20.8 Å². The van der Waals surface area contributed by atoms with Gasteiger partial charge in [0.15, 0.2) is 69.2 Å². The second-order valence-corrected chi connectivity index (χ2v) is 33.1. The highest BCUT2D eigenvalue weighted by Crippen LogP contribution is 2.41. The first-order chi connectivity index (χ1) is 61.5. The predicted molar refractivity (Wildman–Crippen MR) is 396 cm³/mol. The number of carbonyl (C=O) groups is 3. The highest BCUT2D eigenvalue weighted by Gasteiger charge is 2.62. The average Bonchev–Trinajstić information content (AvgIpc) is 0.738. The summed E-state index contributed by atoms with van der Waals surface area (Å²) in [5.41, 5.74) is 0. The van der Waals surface area contributed by atoms with Crippen molar-refractivity contribution in [3.63, 3.8) is 0 Å². The lowest BCUT2D eigenvalue weighted by molar-refractivity contribution is -0.399. The predicted octanol–water partition coefficient (Wildman–Crippen LogP) is -23.5. The maximum atomic E-state index is 13.3. The van der Waals surface area contributed by atoms with Gasteiger partial charge < -0.3 is 274 Å². The molecule has 58 heteroatoms. The van der Waals surface area contributed by atoms with E-state index in [0.717, 1.165) is 20.8 Å². The maximum Gasteiger partial charge on any atom is 0.217 e. The van der Waals surface area contributed by atoms with Crippen molar-refractivity contribution in [1.82, 2.24) is 16.0 Å². The summed E-state index contributed by atoms with van der Waals surface area (Å²) in [6, 6.07) is -5.86. The molecule has 11 aliphatic heterocycles. The van der Waals surface area contributed by atoms with Crippen LogP contribution < -0.4 is 16.0 Å². The van der Waals surface area contributed by atoms with E-state index < -0.39 is 421 Å². The highest BCUT2D eigenvalue weighted by molar-refractivity contribution is 5.74. The summed E-state index contributed by atoms with van der Waals surface area (Å²) in [5.74, 6) is -2.88. The van der Waals surface area contributed by atoms with E-state index in [1.54, 1.807) is 0 Å². The third kappa shape index (κ3) is 23.2. The van der Waals surface area contributed by atoms with Crippen LogP contribution >= 0.6 is 0 Å². The Balaban J connectivity index is 0.934. The normalized spacial score (nSPS) is 51.0. The molecule has 55 atom stereocenters. The summed E-state index contributed by atoms with van der Waals surface area (Å²) in [4.78, 5) is 38.9. The monoisotopic (exact) mass is 1910 g/mol. The van der Waals surface area contributed by atoms with E-state index in [1.165, 1.54) is 6.92 Å². The van der Waals surface area contributed by atoms with E-state index in [9.17, 15) is 173 Å². The first-order valence-corrected chi connectivity index (χ1v) is 41.5. The SMILES string of the molecule is CC(=O)N[C@@H]1[C@@H](O)[C@H](O[C@@H]2O[C@H](CO)[C@@H](O[C@@H]3O[C@H](CO[C@H]4O[C@H](CO[C@H]5O[C@H](CO)[C@@H](O)[C@H](O)[C@@H]5O[C@H]5O[C@H](CO)[C@@H](O)[C@H](O)[C@@H]5O)[C@@H](O)[C@H](O[C@H]5O[C@H](CO)[C@@H](O)[C@H](O)[C@@H]5O)[C@@H]4O)[C@@H](O)[C@H](O[C@H]4O[C@H](CO)[C@@H](O)[C@H](O)[C@@H]4O[C@@H]4O[C@H](CO)[C@@H](O[C@@H]5O[C@H](CO)[C@H](O)[C@H](O)[C@H]5O)[C@H](O)[C@H]4NC(C)=O)[C@@H]3O)[C@H](O)[C@H]2NC(C)=O)[C@@H](CO[C@@H]2O[C@@H](C)[C@@H](O)[C@@H](O)[C@@H]2O)O[C@H]1O. The fourth-order valence-corrected chi connectivity index (χ4v) is 16.7. The number of hydrogen-bond acceptors (Lipinski definition) is 55. The minimum atomic E-state index is -2.68. The van der Waals surface area contributed by atoms with Crippen LogP contribution in [0.2, 0.25) is 0 Å². The Morgan fingerprint density at radius 1 is 0.215 bits per heavy atom. The van der Waals surface area contributed by atoms with Gasteiger partial charge in [0.25, 0.3) is 0 Å². The first kappa shape index (κ1) is 107. The van der Waals surface area contributed by atoms with Crippen molar-refractivity contribution in [2.45, 2.75) is 365 Å². The van der Waals surface area contributed by atoms with Gasteiger partial charge in [0.1, 0.15) is 262 Å². The molecule has 11 saturated heterocycles. The van der Waals surface area contributed by atoms with Gasteiger partial charge in [-0.25, -0.2) is 0 Å². The van der Waals surface area contributed by atoms with Crippen LogP contribution in [-0.2, 0) is 114 Å². The number of aliphatic hydroxyl groups is 31. The molecule has 11 aliphatic rings. The molecule has 0 bridgehead atoms. The molecular formula is C72H121N3O55. The van der Waals surface area contributed by atoms with Crippen molar-refractivity contribution >= 4 is 17.7 Å². The number of nitrogens with one attached hydrogen (secondary N) is 3. The van der Waals surface area contributed by atoms with Gasteiger partial charge >= 0.3 is 0 Å². The zero-order chi connectivity index (χ0) is 95.5. The minimum Gasteiger partial charge on any atom is -0.394 e. The Kier molecular flexibility index (Phi) is 38.1. The standard InChI is InChI=1S/C72H121N3O55/c1-15-32(86)43(97)49(103)65(113-15)111-14-28-57(40(94)29(62(109)114-28)73-16(2)83)124-63-30(74-17(3)84)41(95)56(25(11-82)120-63)126-70-54(108)59(128-72-61(48(102)37(91)23(9-80)119-72)129-64-31(75-18(4)85)42(96)55(24(10-81)121-64)125-67-50(104)44(98)33(87)19(5-76)115-67)39(93)27(123-70)12-110-66-53(107)58(127-68-51(105)45(99)34(88)20(6-77)116-68)38(92)26(122-66)13-112-71-60(47(101)36(90)22(8-79)118-71)130-69-52(106)46(100)35(89)21(7-78)117-69/h15,19-72,76-82,86-109H,5-14H2,1-4H3,(H,73,83)(H,74,84)(H,75,85)/t15-,19+,20+,21+,22+,23+,24+,25+,26+,27+,28+,29+,30+,31+,32+,33-,34+,35+,36+,37+,38+,39+,40+,41+,42+,43+,44-,45-,46-,47-,48-,49-,50+,51-,52-,53-,54-,55+,56+,57+,58-,59-,60-,61-,62+,63-,64-,65+,66-,67-,68+,69+,70-,71-,72+/m0/s1. The van der Waals surface area contributed by atoms with Gasteiger partial charge in [-0.1, -0.05) is 0 Å². The lowest BCUT2D eigenvalue weighted by Crippen LogP contribution is -2.71.